The normalized spacial score (nSPS) is 8.44. The fourth-order valence-electron chi connectivity index (χ4n) is 0.424. The SMILES string of the molecule is CCC(=O)NC(C)C.[LiH]. The van der Waals surface area contributed by atoms with E-state index in [4.69, 9.17) is 0 Å². The summed E-state index contributed by atoms with van der Waals surface area (Å²) < 4.78 is 0. The minimum atomic E-state index is 0. The number of carbonyl (C=O) groups excluding carboxylic acids is 1. The zero-order valence-electron chi connectivity index (χ0n) is 5.69. The Kier molecular flexibility index (Phi) is 8.13. The summed E-state index contributed by atoms with van der Waals surface area (Å²) >= 11 is 0. The molecule has 0 rings (SSSR count). The number of hydrogen-bond donors (Lipinski definition) is 1. The maximum absolute atomic E-state index is 10.5. The second-order valence-electron chi connectivity index (χ2n) is 2.08. The summed E-state index contributed by atoms with van der Waals surface area (Å²) in [6.45, 7) is 5.75. The molecule has 1 amide bonds. The zero-order chi connectivity index (χ0) is 6.57. The summed E-state index contributed by atoms with van der Waals surface area (Å²) in [4.78, 5) is 10.5. The van der Waals surface area contributed by atoms with E-state index in [2.05, 4.69) is 5.32 Å². The topological polar surface area (TPSA) is 29.1 Å². The predicted octanol–water partition coefficient (Wildman–Crippen LogP) is 0.272. The molecule has 0 aliphatic heterocycles. The molecule has 0 aromatic rings. The van der Waals surface area contributed by atoms with Crippen LogP contribution in [0.3, 0.4) is 0 Å². The van der Waals surface area contributed by atoms with Gasteiger partial charge in [0, 0.05) is 12.5 Å². The second kappa shape index (κ2) is 6.19. The Morgan fingerprint density at radius 3 is 2.11 bits per heavy atom. The molecule has 1 N–H and O–H groups in total. The van der Waals surface area contributed by atoms with E-state index < -0.39 is 0 Å². The first kappa shape index (κ1) is 11.8. The van der Waals surface area contributed by atoms with Crippen molar-refractivity contribution in [3.05, 3.63) is 0 Å². The Morgan fingerprint density at radius 2 is 2.00 bits per heavy atom. The summed E-state index contributed by atoms with van der Waals surface area (Å²) in [5, 5.41) is 2.75. The Labute approximate surface area is 68.6 Å². The van der Waals surface area contributed by atoms with Crippen LogP contribution in [0.1, 0.15) is 27.2 Å². The summed E-state index contributed by atoms with van der Waals surface area (Å²) in [6, 6.07) is 0.280. The summed E-state index contributed by atoms with van der Waals surface area (Å²) in [7, 11) is 0. The van der Waals surface area contributed by atoms with Gasteiger partial charge in [-0.25, -0.2) is 0 Å². The molecule has 0 saturated carbocycles. The monoisotopic (exact) mass is 123 g/mol. The molecule has 3 heteroatoms. The van der Waals surface area contributed by atoms with Crippen LogP contribution in [0.4, 0.5) is 0 Å². The van der Waals surface area contributed by atoms with Crippen molar-refractivity contribution in [2.45, 2.75) is 33.2 Å². The van der Waals surface area contributed by atoms with E-state index in [-0.39, 0.29) is 30.8 Å². The van der Waals surface area contributed by atoms with Gasteiger partial charge in [0.2, 0.25) is 5.91 Å². The van der Waals surface area contributed by atoms with Crippen LogP contribution in [0.2, 0.25) is 0 Å². The molecule has 0 aromatic carbocycles. The van der Waals surface area contributed by atoms with Gasteiger partial charge in [-0.3, -0.25) is 4.79 Å². The van der Waals surface area contributed by atoms with E-state index >= 15 is 0 Å². The Balaban J connectivity index is 0. The first-order chi connectivity index (χ1) is 3.66. The molecule has 0 unspecified atom stereocenters. The van der Waals surface area contributed by atoms with Gasteiger partial charge < -0.3 is 5.32 Å². The van der Waals surface area contributed by atoms with Crippen LogP contribution in [-0.2, 0) is 4.79 Å². The molecule has 0 fully saturated rings. The van der Waals surface area contributed by atoms with Crippen LogP contribution >= 0.6 is 0 Å². The molecule has 9 heavy (non-hydrogen) atoms. The summed E-state index contributed by atoms with van der Waals surface area (Å²) in [6.07, 6.45) is 0.582. The van der Waals surface area contributed by atoms with Gasteiger partial charge in [0.25, 0.3) is 0 Å². The van der Waals surface area contributed by atoms with E-state index in [9.17, 15) is 4.79 Å². The van der Waals surface area contributed by atoms with E-state index in [1.165, 1.54) is 0 Å². The molecule has 0 heterocycles. The van der Waals surface area contributed by atoms with E-state index in [0.29, 0.717) is 6.42 Å². The molecule has 0 radical (unpaired) electrons. The number of carbonyl (C=O) groups is 1. The van der Waals surface area contributed by atoms with E-state index in [0.717, 1.165) is 0 Å². The standard InChI is InChI=1S/C6H13NO.Li.H/c1-4-6(8)7-5(2)3;;/h5H,4H2,1-3H3,(H,7,8);;. The van der Waals surface area contributed by atoms with Crippen molar-refractivity contribution < 1.29 is 4.79 Å². The fourth-order valence-corrected chi connectivity index (χ4v) is 0.424. The average molecular weight is 123 g/mol. The van der Waals surface area contributed by atoms with Crippen molar-refractivity contribution in [1.82, 2.24) is 5.32 Å². The van der Waals surface area contributed by atoms with Crippen LogP contribution in [0.15, 0.2) is 0 Å². The average Bonchev–Trinajstić information content (AvgIpc) is 1.65. The first-order valence-electron chi connectivity index (χ1n) is 2.96. The summed E-state index contributed by atoms with van der Waals surface area (Å²) in [5.74, 6) is 0.125. The van der Waals surface area contributed by atoms with Crippen molar-refractivity contribution in [3.63, 3.8) is 0 Å². The molecule has 50 valence electrons. The van der Waals surface area contributed by atoms with Crippen molar-refractivity contribution in [2.75, 3.05) is 0 Å². The number of hydrogen-bond acceptors (Lipinski definition) is 1. The molecule has 0 aliphatic rings. The fraction of sp³-hybridized carbons (Fsp3) is 0.833. The minimum absolute atomic E-state index is 0. The molecular formula is C6H14LiNO. The maximum atomic E-state index is 10.5. The van der Waals surface area contributed by atoms with Crippen molar-refractivity contribution in [1.29, 1.82) is 0 Å². The molecule has 0 aromatic heterocycles. The van der Waals surface area contributed by atoms with Gasteiger partial charge in [-0.1, -0.05) is 6.92 Å². The zero-order valence-corrected chi connectivity index (χ0v) is 5.69. The van der Waals surface area contributed by atoms with Crippen LogP contribution in [0.5, 0.6) is 0 Å². The van der Waals surface area contributed by atoms with Crippen molar-refractivity contribution in [3.8, 4) is 0 Å². The Morgan fingerprint density at radius 1 is 1.56 bits per heavy atom. The van der Waals surface area contributed by atoms with E-state index in [1.807, 2.05) is 20.8 Å². The van der Waals surface area contributed by atoms with Gasteiger partial charge in [0.05, 0.1) is 0 Å². The van der Waals surface area contributed by atoms with Crippen LogP contribution in [0.25, 0.3) is 0 Å². The Hall–Kier alpha value is 0.0674. The van der Waals surface area contributed by atoms with Crippen molar-refractivity contribution in [2.24, 2.45) is 0 Å². The number of amides is 1. The molecular weight excluding hydrogens is 109 g/mol. The van der Waals surface area contributed by atoms with Crippen molar-refractivity contribution >= 4 is 24.8 Å². The first-order valence-corrected chi connectivity index (χ1v) is 2.96. The molecule has 0 spiro atoms. The van der Waals surface area contributed by atoms with Gasteiger partial charge in [0.1, 0.15) is 0 Å². The van der Waals surface area contributed by atoms with Gasteiger partial charge in [-0.05, 0) is 13.8 Å². The molecule has 0 aliphatic carbocycles. The third-order valence-electron chi connectivity index (χ3n) is 0.771. The van der Waals surface area contributed by atoms with Crippen LogP contribution in [-0.4, -0.2) is 30.8 Å². The van der Waals surface area contributed by atoms with Gasteiger partial charge >= 0.3 is 18.9 Å². The third kappa shape index (κ3) is 8.07. The summed E-state index contributed by atoms with van der Waals surface area (Å²) in [5.41, 5.74) is 0. The molecule has 0 atom stereocenters. The van der Waals surface area contributed by atoms with E-state index in [1.54, 1.807) is 0 Å². The second-order valence-corrected chi connectivity index (χ2v) is 2.08. The van der Waals surface area contributed by atoms with Gasteiger partial charge in [0.15, 0.2) is 0 Å². The predicted molar refractivity (Wildman–Crippen MR) is 40.7 cm³/mol. The molecule has 2 nitrogen and oxygen atoms in total. The molecule has 0 saturated heterocycles. The van der Waals surface area contributed by atoms with Crippen LogP contribution in [0, 0.1) is 0 Å². The Bertz CT molecular complexity index is 83.1. The number of nitrogens with one attached hydrogen (secondary N) is 1. The molecule has 0 bridgehead atoms. The third-order valence-corrected chi connectivity index (χ3v) is 0.771. The quantitative estimate of drug-likeness (QED) is 0.525. The number of rotatable bonds is 2. The van der Waals surface area contributed by atoms with Crippen LogP contribution < -0.4 is 5.32 Å². The van der Waals surface area contributed by atoms with Gasteiger partial charge in [-0.2, -0.15) is 0 Å². The van der Waals surface area contributed by atoms with Gasteiger partial charge in [-0.15, -0.1) is 0 Å².